The van der Waals surface area contributed by atoms with Crippen molar-refractivity contribution < 1.29 is 49.3 Å². The van der Waals surface area contributed by atoms with Crippen molar-refractivity contribution in [3.8, 4) is 17.2 Å². The Morgan fingerprint density at radius 2 is 0.423 bits per heavy atom. The maximum Gasteiger partial charge on any atom is 0.419 e. The number of hydrogen-bond donors (Lipinski definition) is 0. The van der Waals surface area contributed by atoms with Gasteiger partial charge in [0, 0.05) is 0 Å². The molecular weight excluding hydrogens is 1770 g/mol. The van der Waals surface area contributed by atoms with Gasteiger partial charge in [-0.1, -0.05) is 491 Å². The molecule has 0 N–H and O–H groups in total. The lowest BCUT2D eigenvalue weighted by molar-refractivity contribution is -0.139. The Bertz CT molecular complexity index is 5160. The lowest BCUT2D eigenvalue weighted by Crippen LogP contribution is -2.20. The Kier molecular flexibility index (Phi) is 53.9. The quantitative estimate of drug-likeness (QED) is 0.165. The summed E-state index contributed by atoms with van der Waals surface area (Å²) >= 11 is 0. The summed E-state index contributed by atoms with van der Waals surface area (Å²) in [5, 5.41) is 0. The fourth-order valence-electron chi connectivity index (χ4n) is 13.2. The van der Waals surface area contributed by atoms with Crippen molar-refractivity contribution in [2.24, 2.45) is 0 Å². The first-order chi connectivity index (χ1) is 62.7. The van der Waals surface area contributed by atoms with E-state index in [1.807, 2.05) is 90.9 Å². The van der Waals surface area contributed by atoms with Gasteiger partial charge in [0.15, 0.2) is 0 Å². The summed E-state index contributed by atoms with van der Waals surface area (Å²) in [6.45, 7) is 94.1. The molecule has 0 unspecified atom stereocenters. The molecule has 0 amide bonds. The zero-order valence-corrected chi connectivity index (χ0v) is 94.9. The first kappa shape index (κ1) is 136. The number of benzene rings is 11. The van der Waals surface area contributed by atoms with Gasteiger partial charge in [-0.05, 0) is 255 Å². The molecular formula is C131H194F8O3. The number of alkyl halides is 6. The Morgan fingerprint density at radius 3 is 0.683 bits per heavy atom. The summed E-state index contributed by atoms with van der Waals surface area (Å²) in [6, 6.07) is 81.1. The van der Waals surface area contributed by atoms with Gasteiger partial charge in [-0.15, -0.1) is 0 Å². The van der Waals surface area contributed by atoms with Gasteiger partial charge in [0.2, 0.25) is 0 Å². The fourth-order valence-corrected chi connectivity index (χ4v) is 13.2. The molecule has 3 nitrogen and oxygen atoms in total. The van der Waals surface area contributed by atoms with E-state index in [-0.39, 0.29) is 99.2 Å². The van der Waals surface area contributed by atoms with Gasteiger partial charge in [-0.3, -0.25) is 0 Å². The molecule has 0 saturated carbocycles. The molecule has 142 heavy (non-hydrogen) atoms. The fraction of sp³-hybridized carbons (Fsp3) is 0.496. The third-order valence-corrected chi connectivity index (χ3v) is 23.1. The highest BCUT2D eigenvalue weighted by Gasteiger charge is 2.36. The lowest BCUT2D eigenvalue weighted by atomic mass is 9.76. The Balaban J connectivity index is -0.00000150. The second-order valence-electron chi connectivity index (χ2n) is 50.0. The van der Waals surface area contributed by atoms with Crippen LogP contribution >= 0.6 is 0 Å². The van der Waals surface area contributed by atoms with E-state index in [0.717, 1.165) is 39.8 Å². The average molecular weight is 1970 g/mol. The van der Waals surface area contributed by atoms with Gasteiger partial charge in [0.1, 0.15) is 28.9 Å². The predicted octanol–water partition coefficient (Wildman–Crippen LogP) is 41.2. The molecule has 792 valence electrons. The van der Waals surface area contributed by atoms with Crippen molar-refractivity contribution in [2.75, 3.05) is 21.3 Å². The molecule has 0 saturated heterocycles. The smallest absolute Gasteiger partial charge is 0.419 e. The van der Waals surface area contributed by atoms with Crippen LogP contribution in [0.3, 0.4) is 0 Å². The number of aryl methyl sites for hydroxylation is 5. The second-order valence-corrected chi connectivity index (χ2v) is 50.0. The van der Waals surface area contributed by atoms with Crippen LogP contribution in [0.15, 0.2) is 249 Å². The Labute approximate surface area is 863 Å². The van der Waals surface area contributed by atoms with Crippen LogP contribution in [0, 0.1) is 46.3 Å². The van der Waals surface area contributed by atoms with E-state index in [1.165, 1.54) is 86.5 Å². The number of hydrogen-bond acceptors (Lipinski definition) is 3. The van der Waals surface area contributed by atoms with Crippen molar-refractivity contribution in [3.63, 3.8) is 0 Å². The molecule has 11 rings (SSSR count). The molecule has 0 aliphatic heterocycles. The summed E-state index contributed by atoms with van der Waals surface area (Å²) in [5.41, 5.74) is 21.6. The number of rotatable bonds is 3. The zero-order chi connectivity index (χ0) is 108. The molecule has 11 heteroatoms. The average Bonchev–Trinajstić information content (AvgIpc) is 0.856. The van der Waals surface area contributed by atoms with Gasteiger partial charge < -0.3 is 14.2 Å². The molecule has 0 aliphatic carbocycles. The van der Waals surface area contributed by atoms with Gasteiger partial charge in [-0.2, -0.15) is 26.3 Å². The maximum absolute atomic E-state index is 13.1. The minimum absolute atomic E-state index is 0. The van der Waals surface area contributed by atoms with Crippen LogP contribution in [0.5, 0.6) is 17.2 Å². The largest absolute Gasteiger partial charge is 0.497 e. The van der Waals surface area contributed by atoms with Gasteiger partial charge in [0.05, 0.1) is 32.5 Å². The molecule has 0 spiro atoms. The van der Waals surface area contributed by atoms with Crippen LogP contribution in [0.2, 0.25) is 0 Å². The van der Waals surface area contributed by atoms with Crippen molar-refractivity contribution in [1.29, 1.82) is 0 Å². The molecule has 0 fully saturated rings. The van der Waals surface area contributed by atoms with Crippen molar-refractivity contribution >= 4 is 0 Å². The highest BCUT2D eigenvalue weighted by molar-refractivity contribution is 5.44. The summed E-state index contributed by atoms with van der Waals surface area (Å²) in [5.74, 6) is 1.45. The van der Waals surface area contributed by atoms with Crippen LogP contribution in [-0.2, 0) is 82.7 Å². The third-order valence-electron chi connectivity index (χ3n) is 23.1. The van der Waals surface area contributed by atoms with Crippen molar-refractivity contribution in [2.45, 2.75) is 410 Å². The van der Waals surface area contributed by atoms with Crippen LogP contribution in [-0.4, -0.2) is 21.3 Å². The molecule has 0 heterocycles. The van der Waals surface area contributed by atoms with E-state index in [1.54, 1.807) is 58.4 Å². The minimum Gasteiger partial charge on any atom is -0.497 e. The topological polar surface area (TPSA) is 27.7 Å². The third kappa shape index (κ3) is 52.2. The van der Waals surface area contributed by atoms with Crippen LogP contribution in [0.1, 0.15) is 404 Å². The normalized spacial score (nSPS) is 11.9. The number of halogens is 8. The second kappa shape index (κ2) is 56.1. The van der Waals surface area contributed by atoms with Crippen LogP contribution < -0.4 is 14.2 Å². The van der Waals surface area contributed by atoms with Crippen LogP contribution in [0.25, 0.3) is 0 Å². The van der Waals surface area contributed by atoms with E-state index in [9.17, 15) is 35.1 Å². The van der Waals surface area contributed by atoms with Gasteiger partial charge >= 0.3 is 12.4 Å². The summed E-state index contributed by atoms with van der Waals surface area (Å²) in [6.07, 6.45) is -8.64. The zero-order valence-electron chi connectivity index (χ0n) is 94.9. The molecule has 0 atom stereocenters. The Hall–Kier alpha value is -9.74. The molecule has 0 aromatic heterocycles. The van der Waals surface area contributed by atoms with Crippen LogP contribution in [0.4, 0.5) is 35.1 Å². The molecule has 0 bridgehead atoms. The van der Waals surface area contributed by atoms with Gasteiger partial charge in [0.25, 0.3) is 0 Å². The Morgan fingerprint density at radius 1 is 0.183 bits per heavy atom. The van der Waals surface area contributed by atoms with E-state index in [0.29, 0.717) is 27.5 Å². The molecule has 11 aromatic carbocycles. The number of methoxy groups -OCH3 is 3. The van der Waals surface area contributed by atoms with E-state index >= 15 is 0 Å². The lowest BCUT2D eigenvalue weighted by Gasteiger charge is -2.29. The number of ether oxygens (including phenoxy) is 3. The monoisotopic (exact) mass is 1970 g/mol. The van der Waals surface area contributed by atoms with Gasteiger partial charge in [-0.25, -0.2) is 8.78 Å². The first-order valence-electron chi connectivity index (χ1n) is 48.9. The van der Waals surface area contributed by atoms with E-state index in [2.05, 4.69) is 394 Å². The standard InChI is InChI=1S/C18H30.C12H15F3O.C12H15F3.2C11H15F.2C11H16O.2C11H16.2C10H14.3CH4/c1-16(2,3)13-10-14(17(4,5)6)12-15(11-13)18(7,8)9;1-11(2,3)8-5-6-10(16-4)9(7-8)12(13,14)15;1-8-5-9(11(2,3)4)7-10(6-8)12(13,14)15;1-8-5-9(11(2,3)4)7-10(12)6-8;1-8-5-6-9(7-10(8)12)11(2,3)4;2*1-11(2,3)9-5-7-10(12-4)8-6-9;1-9-5-7-10(8-6-9)11(2,3)4;1-9-6-5-7-10(8-9)11(2,3)4;2*1-10(2,3)9-7-5-4-6-8-9;;;/h10-12H,1-9H3;5-7H,1-4H3;5-7H,1-4H3;2*5-7H,1-4H3;2*5-8H,1-4H3;2*5-8H,1-4H3;2*4-8H,1-3H3;3*1H4. The molecule has 0 aliphatic rings. The molecule has 11 aromatic rings. The summed E-state index contributed by atoms with van der Waals surface area (Å²) in [4.78, 5) is 0. The highest BCUT2D eigenvalue weighted by atomic mass is 19.4. The van der Waals surface area contributed by atoms with Crippen molar-refractivity contribution in [3.05, 3.63) is 372 Å². The molecule has 0 radical (unpaired) electrons. The summed E-state index contributed by atoms with van der Waals surface area (Å²) in [7, 11) is 4.61. The maximum atomic E-state index is 13.1. The minimum atomic E-state index is -4.38. The van der Waals surface area contributed by atoms with E-state index < -0.39 is 23.5 Å². The van der Waals surface area contributed by atoms with Crippen molar-refractivity contribution in [1.82, 2.24) is 0 Å². The first-order valence-corrected chi connectivity index (χ1v) is 48.9. The highest BCUT2D eigenvalue weighted by Crippen LogP contribution is 2.41. The van der Waals surface area contributed by atoms with E-state index in [4.69, 9.17) is 14.2 Å². The SMILES string of the molecule is C.C.C.CC(C)(C)c1cc(C(C)(C)C)cc(C(C)(C)C)c1.CC(C)(C)c1ccccc1.CC(C)(C)c1ccccc1.COc1ccc(C(C)(C)C)cc1.COc1ccc(C(C)(C)C)cc1.COc1ccc(C(C)(C)C)cc1C(F)(F)F.Cc1cc(C(C)(C)C)cc(C(F)(F)F)c1.Cc1cc(F)cc(C(C)(C)C)c1.Cc1ccc(C(C)(C)C)cc1.Cc1ccc(C(C)(C)C)cc1F.Cc1cccc(C(C)(C)C)c1. The predicted molar refractivity (Wildman–Crippen MR) is 607 cm³/mol. The summed E-state index contributed by atoms with van der Waals surface area (Å²) < 4.78 is 117.